The number of thioether (sulfide) groups is 1. The lowest BCUT2D eigenvalue weighted by Gasteiger charge is -1.97. The fraction of sp³-hybridized carbons (Fsp3) is 0.333. The van der Waals surface area contributed by atoms with E-state index in [0.29, 0.717) is 9.86 Å². The van der Waals surface area contributed by atoms with Crippen LogP contribution in [0.25, 0.3) is 0 Å². The molecule has 0 amide bonds. The van der Waals surface area contributed by atoms with E-state index in [-0.39, 0.29) is 0 Å². The van der Waals surface area contributed by atoms with Crippen LogP contribution in [-0.2, 0) is 0 Å². The summed E-state index contributed by atoms with van der Waals surface area (Å²) in [6.45, 7) is 0.756. The Morgan fingerprint density at radius 3 is 3.09 bits per heavy atom. The molecule has 1 atom stereocenters. The molecule has 0 aromatic rings. The largest absolute Gasteiger partial charge is 0.397 e. The zero-order valence-corrected chi connectivity index (χ0v) is 8.15. The highest BCUT2D eigenvalue weighted by Crippen LogP contribution is 2.27. The highest BCUT2D eigenvalue weighted by atomic mass is 79.9. The number of hydrogen-bond donors (Lipinski definition) is 2. The van der Waals surface area contributed by atoms with Gasteiger partial charge in [-0.3, -0.25) is 4.99 Å². The Hall–Kier alpha value is -0.290. The van der Waals surface area contributed by atoms with Crippen molar-refractivity contribution in [3.05, 3.63) is 11.8 Å². The summed E-state index contributed by atoms with van der Waals surface area (Å²) in [5.74, 6) is 0. The number of nitrogens with one attached hydrogen (secondary N) is 1. The van der Waals surface area contributed by atoms with Gasteiger partial charge in [0.05, 0.1) is 16.4 Å². The van der Waals surface area contributed by atoms with Crippen LogP contribution in [0.15, 0.2) is 16.8 Å². The van der Waals surface area contributed by atoms with Gasteiger partial charge in [0.15, 0.2) is 0 Å². The van der Waals surface area contributed by atoms with Crippen LogP contribution in [0.4, 0.5) is 0 Å². The molecule has 11 heavy (non-hydrogen) atoms. The molecule has 0 aliphatic carbocycles. The molecule has 0 bridgehead atoms. The van der Waals surface area contributed by atoms with Crippen LogP contribution in [0, 0.1) is 5.41 Å². The third-order valence-corrected chi connectivity index (χ3v) is 2.97. The van der Waals surface area contributed by atoms with Crippen molar-refractivity contribution in [2.24, 2.45) is 10.7 Å². The summed E-state index contributed by atoms with van der Waals surface area (Å²) in [6.07, 6.45) is 2.71. The fourth-order valence-corrected chi connectivity index (χ4v) is 2.09. The van der Waals surface area contributed by atoms with Crippen molar-refractivity contribution in [3.8, 4) is 0 Å². The van der Waals surface area contributed by atoms with Crippen molar-refractivity contribution < 1.29 is 0 Å². The van der Waals surface area contributed by atoms with Gasteiger partial charge in [-0.2, -0.15) is 0 Å². The maximum absolute atomic E-state index is 6.79. The molecule has 0 radical (unpaired) electrons. The first-order valence-electron chi connectivity index (χ1n) is 3.06. The third-order valence-electron chi connectivity index (χ3n) is 1.13. The first-order valence-corrected chi connectivity index (χ1v) is 4.85. The van der Waals surface area contributed by atoms with Crippen LogP contribution in [0.1, 0.15) is 0 Å². The second kappa shape index (κ2) is 3.92. The molecule has 1 aliphatic rings. The monoisotopic (exact) mass is 233 g/mol. The smallest absolute Gasteiger partial charge is 0.115 e. The Labute approximate surface area is 77.8 Å². The molecular formula is C6H8BrN3S. The van der Waals surface area contributed by atoms with Gasteiger partial charge in [-0.25, -0.2) is 0 Å². The van der Waals surface area contributed by atoms with E-state index in [1.165, 1.54) is 12.3 Å². The molecule has 0 fully saturated rings. The van der Waals surface area contributed by atoms with Gasteiger partial charge in [0.2, 0.25) is 0 Å². The summed E-state index contributed by atoms with van der Waals surface area (Å²) in [5.41, 5.74) is 6.16. The molecule has 1 aliphatic heterocycles. The molecule has 0 saturated heterocycles. The fourth-order valence-electron chi connectivity index (χ4n) is 0.671. The van der Waals surface area contributed by atoms with Gasteiger partial charge in [0.25, 0.3) is 0 Å². The summed E-state index contributed by atoms with van der Waals surface area (Å²) in [4.78, 5) is 4.17. The van der Waals surface area contributed by atoms with Crippen LogP contribution < -0.4 is 5.73 Å². The second-order valence-electron chi connectivity index (χ2n) is 1.96. The van der Waals surface area contributed by atoms with E-state index < -0.39 is 0 Å². The van der Waals surface area contributed by atoms with Crippen molar-refractivity contribution in [1.82, 2.24) is 0 Å². The first-order chi connectivity index (χ1) is 5.24. The number of halogens is 1. The lowest BCUT2D eigenvalue weighted by atomic mass is 10.4. The number of hydrogen-bond acceptors (Lipinski definition) is 4. The Balaban J connectivity index is 2.62. The van der Waals surface area contributed by atoms with Gasteiger partial charge < -0.3 is 11.1 Å². The minimum absolute atomic E-state index is 0.343. The van der Waals surface area contributed by atoms with E-state index in [4.69, 9.17) is 11.1 Å². The van der Waals surface area contributed by atoms with Crippen molar-refractivity contribution in [1.29, 1.82) is 5.41 Å². The Bertz CT molecular complexity index is 224. The molecule has 3 N–H and O–H groups in total. The molecule has 60 valence electrons. The molecule has 0 aromatic carbocycles. The lowest BCUT2D eigenvalue weighted by molar-refractivity contribution is 1.14. The standard InChI is InChI=1S/C6H8BrN3S/c7-5-3-10-6(11-5)4(9)1-2-8/h1-2,5,8H,3,9H2/b4-1-,8-2?. The number of nitrogens with two attached hydrogens (primary N) is 1. The Kier molecular flexibility index (Phi) is 3.14. The molecular weight excluding hydrogens is 226 g/mol. The van der Waals surface area contributed by atoms with Crippen molar-refractivity contribution in [3.63, 3.8) is 0 Å². The normalized spacial score (nSPS) is 25.0. The predicted molar refractivity (Wildman–Crippen MR) is 53.7 cm³/mol. The Morgan fingerprint density at radius 2 is 2.64 bits per heavy atom. The minimum Gasteiger partial charge on any atom is -0.397 e. The summed E-state index contributed by atoms with van der Waals surface area (Å²) in [7, 11) is 0. The van der Waals surface area contributed by atoms with Crippen LogP contribution in [-0.4, -0.2) is 22.0 Å². The van der Waals surface area contributed by atoms with E-state index >= 15 is 0 Å². The van der Waals surface area contributed by atoms with E-state index in [2.05, 4.69) is 20.9 Å². The van der Waals surface area contributed by atoms with Gasteiger partial charge in [0.1, 0.15) is 5.04 Å². The van der Waals surface area contributed by atoms with Gasteiger partial charge in [0, 0.05) is 6.21 Å². The summed E-state index contributed by atoms with van der Waals surface area (Å²) < 4.78 is 0.343. The number of alkyl halides is 1. The van der Waals surface area contributed by atoms with Gasteiger partial charge >= 0.3 is 0 Å². The number of rotatable bonds is 2. The molecule has 0 saturated carbocycles. The highest BCUT2D eigenvalue weighted by Gasteiger charge is 2.17. The SMILES string of the molecule is N=C/C=C(\N)C1=NCC(Br)S1. The van der Waals surface area contributed by atoms with Crippen LogP contribution in [0.5, 0.6) is 0 Å². The quantitative estimate of drug-likeness (QED) is 0.559. The first kappa shape index (κ1) is 8.80. The van der Waals surface area contributed by atoms with Gasteiger partial charge in [-0.05, 0) is 6.08 Å². The van der Waals surface area contributed by atoms with Gasteiger partial charge in [-0.15, -0.1) is 0 Å². The third kappa shape index (κ3) is 2.34. The van der Waals surface area contributed by atoms with E-state index in [1.807, 2.05) is 0 Å². The minimum atomic E-state index is 0.343. The molecule has 1 rings (SSSR count). The predicted octanol–water partition coefficient (Wildman–Crippen LogP) is 1.34. The number of allylic oxidation sites excluding steroid dienone is 1. The van der Waals surface area contributed by atoms with Crippen molar-refractivity contribution in [2.75, 3.05) is 6.54 Å². The average molecular weight is 234 g/mol. The van der Waals surface area contributed by atoms with Crippen molar-refractivity contribution >= 4 is 39.0 Å². The zero-order valence-electron chi connectivity index (χ0n) is 5.75. The topological polar surface area (TPSA) is 62.2 Å². The number of aliphatic imine (C=N–C) groups is 1. The number of nitrogens with zero attached hydrogens (tertiary/aromatic N) is 1. The van der Waals surface area contributed by atoms with E-state index in [0.717, 1.165) is 11.6 Å². The summed E-state index contributed by atoms with van der Waals surface area (Å²) in [6, 6.07) is 0. The van der Waals surface area contributed by atoms with Crippen molar-refractivity contribution in [2.45, 2.75) is 4.16 Å². The van der Waals surface area contributed by atoms with Crippen LogP contribution in [0.2, 0.25) is 0 Å². The van der Waals surface area contributed by atoms with E-state index in [1.54, 1.807) is 11.8 Å². The second-order valence-corrected chi connectivity index (χ2v) is 4.87. The summed E-state index contributed by atoms with van der Waals surface area (Å²) >= 11 is 4.99. The molecule has 1 unspecified atom stereocenters. The molecule has 5 heteroatoms. The molecule has 3 nitrogen and oxygen atoms in total. The lowest BCUT2D eigenvalue weighted by Crippen LogP contribution is -2.06. The zero-order chi connectivity index (χ0) is 8.27. The molecule has 0 spiro atoms. The van der Waals surface area contributed by atoms with Crippen LogP contribution in [0.3, 0.4) is 0 Å². The van der Waals surface area contributed by atoms with E-state index in [9.17, 15) is 0 Å². The maximum Gasteiger partial charge on any atom is 0.115 e. The Morgan fingerprint density at radius 1 is 1.91 bits per heavy atom. The maximum atomic E-state index is 6.79. The van der Waals surface area contributed by atoms with Gasteiger partial charge in [-0.1, -0.05) is 27.7 Å². The molecule has 1 heterocycles. The molecule has 0 aromatic heterocycles. The average Bonchev–Trinajstić information content (AvgIpc) is 2.36. The van der Waals surface area contributed by atoms with Crippen LogP contribution >= 0.6 is 27.7 Å². The highest BCUT2D eigenvalue weighted by molar-refractivity contribution is 9.11. The summed E-state index contributed by atoms with van der Waals surface area (Å²) in [5, 5.41) is 7.62.